The number of halogens is 1. The van der Waals surface area contributed by atoms with Crippen LogP contribution >= 0.6 is 11.6 Å². The highest BCUT2D eigenvalue weighted by atomic mass is 35.5. The summed E-state index contributed by atoms with van der Waals surface area (Å²) >= 11 is 6.13. The van der Waals surface area contributed by atoms with Crippen molar-refractivity contribution >= 4 is 11.6 Å². The van der Waals surface area contributed by atoms with Gasteiger partial charge in [-0.2, -0.15) is 0 Å². The maximum Gasteiger partial charge on any atom is 0.0618 e. The van der Waals surface area contributed by atoms with E-state index < -0.39 is 0 Å². The molecule has 1 nitrogen and oxygen atoms in total. The first-order chi connectivity index (χ1) is 5.95. The molecule has 1 aliphatic rings. The van der Waals surface area contributed by atoms with Crippen LogP contribution in [0.1, 0.15) is 40.0 Å². The number of methoxy groups -OCH3 is 1. The van der Waals surface area contributed by atoms with Crippen molar-refractivity contribution in [2.24, 2.45) is 11.3 Å². The van der Waals surface area contributed by atoms with Crippen LogP contribution in [0.4, 0.5) is 0 Å². The Hall–Kier alpha value is 0.250. The monoisotopic (exact) mass is 204 g/mol. The molecule has 0 bridgehead atoms. The second kappa shape index (κ2) is 4.18. The predicted octanol–water partition coefficient (Wildman–Crippen LogP) is 3.46. The average molecular weight is 205 g/mol. The largest absolute Gasteiger partial charge is 0.381 e. The maximum atomic E-state index is 6.13. The van der Waals surface area contributed by atoms with Crippen LogP contribution in [0, 0.1) is 11.3 Å². The molecule has 2 heteroatoms. The van der Waals surface area contributed by atoms with Gasteiger partial charge in [-0.3, -0.25) is 0 Å². The van der Waals surface area contributed by atoms with Crippen molar-refractivity contribution in [1.82, 2.24) is 0 Å². The van der Waals surface area contributed by atoms with Gasteiger partial charge in [0.05, 0.1) is 6.10 Å². The van der Waals surface area contributed by atoms with Gasteiger partial charge in [0, 0.05) is 12.5 Å². The van der Waals surface area contributed by atoms with Crippen molar-refractivity contribution in [2.45, 2.75) is 51.5 Å². The molecule has 0 amide bonds. The Morgan fingerprint density at radius 2 is 1.85 bits per heavy atom. The minimum atomic E-state index is 0.323. The highest BCUT2D eigenvalue weighted by molar-refractivity contribution is 6.20. The molecule has 0 spiro atoms. The molecule has 3 atom stereocenters. The predicted molar refractivity (Wildman–Crippen MR) is 57.2 cm³/mol. The van der Waals surface area contributed by atoms with Crippen LogP contribution in [-0.4, -0.2) is 18.6 Å². The van der Waals surface area contributed by atoms with Crippen LogP contribution < -0.4 is 0 Å². The molecule has 0 saturated heterocycles. The van der Waals surface area contributed by atoms with E-state index in [2.05, 4.69) is 20.8 Å². The average Bonchev–Trinajstić information content (AvgIpc) is 2.01. The van der Waals surface area contributed by atoms with Crippen LogP contribution in [-0.2, 0) is 4.74 Å². The lowest BCUT2D eigenvalue weighted by Crippen LogP contribution is -2.39. The summed E-state index contributed by atoms with van der Waals surface area (Å²) in [6.45, 7) is 6.87. The standard InChI is InChI=1S/C11H21ClO/c1-11(2,3)9-6-5-8(12)7-10(9)13-4/h8-10H,5-7H2,1-4H3. The molecule has 1 saturated carbocycles. The van der Waals surface area contributed by atoms with E-state index in [9.17, 15) is 0 Å². The third-order valence-corrected chi connectivity index (χ3v) is 3.54. The van der Waals surface area contributed by atoms with Crippen molar-refractivity contribution in [3.63, 3.8) is 0 Å². The Morgan fingerprint density at radius 3 is 2.31 bits per heavy atom. The number of ether oxygens (including phenoxy) is 1. The van der Waals surface area contributed by atoms with Crippen molar-refractivity contribution in [2.75, 3.05) is 7.11 Å². The molecule has 78 valence electrons. The molecule has 0 aliphatic heterocycles. The Bertz CT molecular complexity index is 162. The van der Waals surface area contributed by atoms with E-state index in [0.29, 0.717) is 22.8 Å². The third kappa shape index (κ3) is 2.85. The molecule has 3 unspecified atom stereocenters. The van der Waals surface area contributed by atoms with Gasteiger partial charge in [0.2, 0.25) is 0 Å². The molecular weight excluding hydrogens is 184 g/mol. The van der Waals surface area contributed by atoms with E-state index in [1.165, 1.54) is 6.42 Å². The second-order valence-corrected chi connectivity index (χ2v) is 5.77. The smallest absolute Gasteiger partial charge is 0.0618 e. The van der Waals surface area contributed by atoms with Gasteiger partial charge < -0.3 is 4.74 Å². The van der Waals surface area contributed by atoms with Gasteiger partial charge >= 0.3 is 0 Å². The molecule has 0 aromatic carbocycles. The fourth-order valence-corrected chi connectivity index (χ4v) is 2.63. The van der Waals surface area contributed by atoms with Crippen molar-refractivity contribution in [3.05, 3.63) is 0 Å². The zero-order valence-corrected chi connectivity index (χ0v) is 9.90. The van der Waals surface area contributed by atoms with Gasteiger partial charge in [0.25, 0.3) is 0 Å². The SMILES string of the molecule is COC1CC(Cl)CCC1C(C)(C)C. The summed E-state index contributed by atoms with van der Waals surface area (Å²) in [6, 6.07) is 0. The van der Waals surface area contributed by atoms with Gasteiger partial charge in [0.15, 0.2) is 0 Å². The number of rotatable bonds is 1. The van der Waals surface area contributed by atoms with E-state index in [4.69, 9.17) is 16.3 Å². The molecule has 13 heavy (non-hydrogen) atoms. The lowest BCUT2D eigenvalue weighted by atomic mass is 9.70. The van der Waals surface area contributed by atoms with Crippen LogP contribution in [0.15, 0.2) is 0 Å². The summed E-state index contributed by atoms with van der Waals surface area (Å²) < 4.78 is 5.52. The fourth-order valence-electron chi connectivity index (χ4n) is 2.33. The molecule has 0 radical (unpaired) electrons. The summed E-state index contributed by atoms with van der Waals surface area (Å²) in [4.78, 5) is 0. The van der Waals surface area contributed by atoms with Crippen LogP contribution in [0.25, 0.3) is 0 Å². The van der Waals surface area contributed by atoms with Crippen LogP contribution in [0.3, 0.4) is 0 Å². The molecule has 0 heterocycles. The molecule has 0 aromatic rings. The molecule has 1 rings (SSSR count). The Morgan fingerprint density at radius 1 is 1.23 bits per heavy atom. The third-order valence-electron chi connectivity index (χ3n) is 3.14. The van der Waals surface area contributed by atoms with E-state index >= 15 is 0 Å². The fraction of sp³-hybridized carbons (Fsp3) is 1.00. The van der Waals surface area contributed by atoms with E-state index in [-0.39, 0.29) is 0 Å². The topological polar surface area (TPSA) is 9.23 Å². The van der Waals surface area contributed by atoms with E-state index in [1.54, 1.807) is 7.11 Å². The van der Waals surface area contributed by atoms with Gasteiger partial charge in [0.1, 0.15) is 0 Å². The summed E-state index contributed by atoms with van der Waals surface area (Å²) in [6.07, 6.45) is 3.72. The summed E-state index contributed by atoms with van der Waals surface area (Å²) in [5.74, 6) is 0.660. The maximum absolute atomic E-state index is 6.13. The summed E-state index contributed by atoms with van der Waals surface area (Å²) in [5, 5.41) is 0.323. The first-order valence-electron chi connectivity index (χ1n) is 5.12. The first-order valence-corrected chi connectivity index (χ1v) is 5.55. The number of hydrogen-bond donors (Lipinski definition) is 0. The Balaban J connectivity index is 2.63. The van der Waals surface area contributed by atoms with E-state index in [0.717, 1.165) is 12.8 Å². The minimum Gasteiger partial charge on any atom is -0.381 e. The molecular formula is C11H21ClO. The van der Waals surface area contributed by atoms with Gasteiger partial charge in [-0.15, -0.1) is 11.6 Å². The second-order valence-electron chi connectivity index (χ2n) is 5.16. The minimum absolute atomic E-state index is 0.323. The van der Waals surface area contributed by atoms with Gasteiger partial charge in [-0.25, -0.2) is 0 Å². The highest BCUT2D eigenvalue weighted by Crippen LogP contribution is 2.40. The summed E-state index contributed by atoms with van der Waals surface area (Å²) in [5.41, 5.74) is 0.345. The highest BCUT2D eigenvalue weighted by Gasteiger charge is 2.36. The molecule has 0 N–H and O–H groups in total. The first kappa shape index (κ1) is 11.3. The molecule has 1 aliphatic carbocycles. The van der Waals surface area contributed by atoms with Crippen LogP contribution in [0.2, 0.25) is 0 Å². The van der Waals surface area contributed by atoms with Crippen molar-refractivity contribution in [1.29, 1.82) is 0 Å². The lowest BCUT2D eigenvalue weighted by Gasteiger charge is -2.41. The Kier molecular flexibility index (Phi) is 3.64. The van der Waals surface area contributed by atoms with Crippen molar-refractivity contribution in [3.8, 4) is 0 Å². The molecule has 0 aromatic heterocycles. The Labute approximate surface area is 86.8 Å². The zero-order valence-electron chi connectivity index (χ0n) is 9.14. The van der Waals surface area contributed by atoms with E-state index in [1.807, 2.05) is 0 Å². The van der Waals surface area contributed by atoms with Gasteiger partial charge in [-0.05, 0) is 30.6 Å². The van der Waals surface area contributed by atoms with Crippen LogP contribution in [0.5, 0.6) is 0 Å². The quantitative estimate of drug-likeness (QED) is 0.595. The molecule has 1 fully saturated rings. The summed E-state index contributed by atoms with van der Waals surface area (Å²) in [7, 11) is 1.80. The van der Waals surface area contributed by atoms with Crippen molar-refractivity contribution < 1.29 is 4.74 Å². The normalized spacial score (nSPS) is 36.2. The lowest BCUT2D eigenvalue weighted by molar-refractivity contribution is -0.0205. The number of hydrogen-bond acceptors (Lipinski definition) is 1. The number of alkyl halides is 1. The zero-order chi connectivity index (χ0) is 10.1. The van der Waals surface area contributed by atoms with Gasteiger partial charge in [-0.1, -0.05) is 20.8 Å².